The van der Waals surface area contributed by atoms with E-state index in [-0.39, 0.29) is 17.8 Å². The van der Waals surface area contributed by atoms with Gasteiger partial charge in [0.05, 0.1) is 31.0 Å². The molecule has 0 spiro atoms. The number of hydrogen-bond donors (Lipinski definition) is 1. The van der Waals surface area contributed by atoms with Gasteiger partial charge in [0.15, 0.2) is 0 Å². The van der Waals surface area contributed by atoms with E-state index in [4.69, 9.17) is 9.15 Å². The molecule has 2 fully saturated rings. The van der Waals surface area contributed by atoms with Crippen LogP contribution in [0, 0.1) is 11.8 Å². The second-order valence-corrected chi connectivity index (χ2v) is 7.97. The van der Waals surface area contributed by atoms with E-state index in [2.05, 4.69) is 9.62 Å². The predicted molar refractivity (Wildman–Crippen MR) is 78.2 cm³/mol. The van der Waals surface area contributed by atoms with E-state index in [0.29, 0.717) is 19.1 Å². The first-order valence-corrected chi connectivity index (χ1v) is 9.05. The predicted octanol–water partition coefficient (Wildman–Crippen LogP) is 0.666. The van der Waals surface area contributed by atoms with Crippen molar-refractivity contribution in [1.82, 2.24) is 9.62 Å². The SMILES string of the molecule is CCS(=O)(=O)NC[C@@H]1CO[C@@H]2CN(Cc3ccoc3)C[C@H]12. The number of hydrogen-bond acceptors (Lipinski definition) is 5. The number of nitrogens with zero attached hydrogens (tertiary/aromatic N) is 1. The number of ether oxygens (including phenoxy) is 1. The molecule has 0 saturated carbocycles. The maximum Gasteiger partial charge on any atom is 0.211 e. The van der Waals surface area contributed by atoms with Crippen LogP contribution < -0.4 is 4.72 Å². The lowest BCUT2D eigenvalue weighted by molar-refractivity contribution is 0.0942. The van der Waals surface area contributed by atoms with Crippen molar-refractivity contribution in [3.63, 3.8) is 0 Å². The molecule has 118 valence electrons. The fourth-order valence-corrected chi connectivity index (χ4v) is 3.87. The van der Waals surface area contributed by atoms with Crippen molar-refractivity contribution in [1.29, 1.82) is 0 Å². The fourth-order valence-electron chi connectivity index (χ4n) is 3.20. The Balaban J connectivity index is 1.54. The first kappa shape index (κ1) is 15.0. The molecule has 0 bridgehead atoms. The van der Waals surface area contributed by atoms with E-state index >= 15 is 0 Å². The zero-order valence-corrected chi connectivity index (χ0v) is 13.0. The highest BCUT2D eigenvalue weighted by atomic mass is 32.2. The molecule has 0 unspecified atom stereocenters. The summed E-state index contributed by atoms with van der Waals surface area (Å²) < 4.78 is 36.7. The van der Waals surface area contributed by atoms with Crippen molar-refractivity contribution in [2.45, 2.75) is 19.6 Å². The van der Waals surface area contributed by atoms with Crippen LogP contribution in [0.2, 0.25) is 0 Å². The molecular formula is C14H22N2O4S. The molecule has 3 heterocycles. The van der Waals surface area contributed by atoms with Crippen molar-refractivity contribution in [2.24, 2.45) is 11.8 Å². The van der Waals surface area contributed by atoms with Gasteiger partial charge in [0.25, 0.3) is 0 Å². The number of sulfonamides is 1. The first-order valence-electron chi connectivity index (χ1n) is 7.40. The highest BCUT2D eigenvalue weighted by Crippen LogP contribution is 2.34. The van der Waals surface area contributed by atoms with E-state index in [9.17, 15) is 8.42 Å². The van der Waals surface area contributed by atoms with Crippen LogP contribution in [0.4, 0.5) is 0 Å². The summed E-state index contributed by atoms with van der Waals surface area (Å²) in [5, 5.41) is 0. The average Bonchev–Trinajstić information content (AvgIpc) is 3.14. The van der Waals surface area contributed by atoms with Crippen LogP contribution in [0.1, 0.15) is 12.5 Å². The molecule has 0 aromatic carbocycles. The van der Waals surface area contributed by atoms with Gasteiger partial charge in [0.2, 0.25) is 10.0 Å². The molecule has 3 rings (SSSR count). The maximum absolute atomic E-state index is 11.6. The summed E-state index contributed by atoms with van der Waals surface area (Å²) in [5.41, 5.74) is 1.17. The molecule has 0 amide bonds. The van der Waals surface area contributed by atoms with Crippen molar-refractivity contribution < 1.29 is 17.6 Å². The Morgan fingerprint density at radius 2 is 2.29 bits per heavy atom. The van der Waals surface area contributed by atoms with Gasteiger partial charge < -0.3 is 9.15 Å². The number of furan rings is 1. The van der Waals surface area contributed by atoms with Gasteiger partial charge in [-0.3, -0.25) is 4.90 Å². The Kier molecular flexibility index (Phi) is 4.35. The minimum Gasteiger partial charge on any atom is -0.472 e. The number of rotatable bonds is 6. The molecule has 0 radical (unpaired) electrons. The van der Waals surface area contributed by atoms with Gasteiger partial charge in [0, 0.05) is 43.6 Å². The average molecular weight is 314 g/mol. The molecule has 2 aliphatic rings. The van der Waals surface area contributed by atoms with Gasteiger partial charge in [-0.25, -0.2) is 13.1 Å². The second kappa shape index (κ2) is 6.08. The minimum atomic E-state index is -3.12. The summed E-state index contributed by atoms with van der Waals surface area (Å²) in [6, 6.07) is 1.97. The van der Waals surface area contributed by atoms with Crippen LogP contribution in [0.3, 0.4) is 0 Å². The fraction of sp³-hybridized carbons (Fsp3) is 0.714. The Bertz CT molecular complexity index is 558. The molecule has 7 heteroatoms. The Morgan fingerprint density at radius 3 is 3.00 bits per heavy atom. The summed E-state index contributed by atoms with van der Waals surface area (Å²) >= 11 is 0. The van der Waals surface area contributed by atoms with E-state index in [1.54, 1.807) is 19.5 Å². The zero-order chi connectivity index (χ0) is 14.9. The molecule has 0 aliphatic carbocycles. The summed E-state index contributed by atoms with van der Waals surface area (Å²) in [6.45, 7) is 5.51. The molecular weight excluding hydrogens is 292 g/mol. The lowest BCUT2D eigenvalue weighted by Crippen LogP contribution is -2.34. The molecule has 1 aromatic rings. The van der Waals surface area contributed by atoms with Gasteiger partial charge in [0.1, 0.15) is 0 Å². The quantitative estimate of drug-likeness (QED) is 0.835. The van der Waals surface area contributed by atoms with Gasteiger partial charge in [-0.15, -0.1) is 0 Å². The second-order valence-electron chi connectivity index (χ2n) is 5.87. The standard InChI is InChI=1S/C14H22N2O4S/c1-2-21(17,18)15-5-12-10-20-14-8-16(7-13(12)14)6-11-3-4-19-9-11/h3-4,9,12-15H,2,5-8,10H2,1H3/t12-,13-,14-/m1/s1. The number of fused-ring (bicyclic) bond motifs is 1. The third-order valence-electron chi connectivity index (χ3n) is 4.45. The lowest BCUT2D eigenvalue weighted by Gasteiger charge is -2.19. The molecule has 6 nitrogen and oxygen atoms in total. The highest BCUT2D eigenvalue weighted by molar-refractivity contribution is 7.89. The van der Waals surface area contributed by atoms with Gasteiger partial charge in [-0.2, -0.15) is 0 Å². The Labute approximate surface area is 125 Å². The third-order valence-corrected chi connectivity index (χ3v) is 5.81. The van der Waals surface area contributed by atoms with Crippen LogP contribution in [-0.2, 0) is 21.3 Å². The molecule has 2 saturated heterocycles. The van der Waals surface area contributed by atoms with Crippen LogP contribution >= 0.6 is 0 Å². The van der Waals surface area contributed by atoms with Crippen LogP contribution in [0.25, 0.3) is 0 Å². The Morgan fingerprint density at radius 1 is 1.43 bits per heavy atom. The summed E-state index contributed by atoms with van der Waals surface area (Å²) in [6.07, 6.45) is 3.68. The molecule has 1 aromatic heterocycles. The van der Waals surface area contributed by atoms with Crippen molar-refractivity contribution in [3.8, 4) is 0 Å². The normalized spacial score (nSPS) is 29.9. The summed E-state index contributed by atoms with van der Waals surface area (Å²) in [7, 11) is -3.12. The monoisotopic (exact) mass is 314 g/mol. The van der Waals surface area contributed by atoms with Gasteiger partial charge in [-0.05, 0) is 13.0 Å². The summed E-state index contributed by atoms with van der Waals surface area (Å²) in [5.74, 6) is 0.809. The van der Waals surface area contributed by atoms with Crippen molar-refractivity contribution in [2.75, 3.05) is 32.0 Å². The summed E-state index contributed by atoms with van der Waals surface area (Å²) in [4.78, 5) is 2.35. The maximum atomic E-state index is 11.6. The van der Waals surface area contributed by atoms with Gasteiger partial charge in [-0.1, -0.05) is 0 Å². The van der Waals surface area contributed by atoms with Gasteiger partial charge >= 0.3 is 0 Å². The minimum absolute atomic E-state index is 0.126. The lowest BCUT2D eigenvalue weighted by atomic mass is 9.93. The molecule has 21 heavy (non-hydrogen) atoms. The Hall–Kier alpha value is -0.890. The first-order chi connectivity index (χ1) is 10.1. The van der Waals surface area contributed by atoms with Crippen LogP contribution in [0.15, 0.2) is 23.0 Å². The van der Waals surface area contributed by atoms with Crippen molar-refractivity contribution in [3.05, 3.63) is 24.2 Å². The van der Waals surface area contributed by atoms with E-state index in [1.165, 1.54) is 5.56 Å². The van der Waals surface area contributed by atoms with Crippen molar-refractivity contribution >= 4 is 10.0 Å². The van der Waals surface area contributed by atoms with Crippen LogP contribution in [0.5, 0.6) is 0 Å². The number of nitrogens with one attached hydrogen (secondary N) is 1. The largest absolute Gasteiger partial charge is 0.472 e. The molecule has 1 N–H and O–H groups in total. The highest BCUT2D eigenvalue weighted by Gasteiger charge is 2.43. The van der Waals surface area contributed by atoms with E-state index in [1.807, 2.05) is 6.07 Å². The van der Waals surface area contributed by atoms with E-state index in [0.717, 1.165) is 19.6 Å². The topological polar surface area (TPSA) is 71.8 Å². The molecule has 2 aliphatic heterocycles. The smallest absolute Gasteiger partial charge is 0.211 e. The van der Waals surface area contributed by atoms with E-state index < -0.39 is 10.0 Å². The molecule has 3 atom stereocenters. The van der Waals surface area contributed by atoms with Crippen LogP contribution in [-0.4, -0.2) is 51.4 Å². The third kappa shape index (κ3) is 3.48. The number of likely N-dealkylation sites (tertiary alicyclic amines) is 1. The zero-order valence-electron chi connectivity index (χ0n) is 12.2.